The minimum atomic E-state index is -1.72. The smallest absolute Gasteiger partial charge is 0.336 e. The van der Waals surface area contributed by atoms with Crippen LogP contribution < -0.4 is 16.0 Å². The van der Waals surface area contributed by atoms with Crippen LogP contribution >= 0.6 is 0 Å². The highest BCUT2D eigenvalue weighted by atomic mass is 16.7. The monoisotopic (exact) mass is 484 g/mol. The molecule has 3 heterocycles. The van der Waals surface area contributed by atoms with Crippen molar-refractivity contribution >= 4 is 21.9 Å². The highest BCUT2D eigenvalue weighted by molar-refractivity contribution is 6.05. The summed E-state index contributed by atoms with van der Waals surface area (Å²) >= 11 is 0. The van der Waals surface area contributed by atoms with Gasteiger partial charge >= 0.3 is 11.3 Å². The molecule has 1 aliphatic rings. The first-order valence-electron chi connectivity index (χ1n) is 10.6. The molecular weight excluding hydrogens is 464 g/mol. The summed E-state index contributed by atoms with van der Waals surface area (Å²) in [6, 6.07) is 11.2. The number of aliphatic hydroxyl groups is 4. The summed E-state index contributed by atoms with van der Waals surface area (Å²) in [5, 5.41) is 51.8. The number of phenolic OH excluding ortho intramolecular Hbond substituents is 1. The average molecular weight is 484 g/mol. The molecular formula is C24H20O11. The maximum atomic E-state index is 12.1. The highest BCUT2D eigenvalue weighted by Crippen LogP contribution is 2.45. The zero-order valence-electron chi connectivity index (χ0n) is 17.9. The van der Waals surface area contributed by atoms with E-state index in [2.05, 4.69) is 0 Å². The number of fused-ring (bicyclic) bond motifs is 2. The van der Waals surface area contributed by atoms with E-state index >= 15 is 0 Å². The van der Waals surface area contributed by atoms with Gasteiger partial charge < -0.3 is 43.8 Å². The first kappa shape index (κ1) is 23.0. The second kappa shape index (κ2) is 8.80. The maximum absolute atomic E-state index is 12.1. The number of hydrogen-bond donors (Lipinski definition) is 5. The lowest BCUT2D eigenvalue weighted by Gasteiger charge is -2.39. The standard InChI is InChI=1S/C24H20O11/c25-9-14-19(29)20(30)21(31)24(33-14)32-13-6-2-11-4-8-16(28)35-23(11)18(13)17-12(26)5-1-10-3-7-15(27)34-22(10)17/h1-8,14,19-21,24-26,29-31H,9H2/t14-,19-,20+,21-,24+/m1/s1. The van der Waals surface area contributed by atoms with Gasteiger partial charge in [-0.25, -0.2) is 9.59 Å². The van der Waals surface area contributed by atoms with Crippen molar-refractivity contribution in [2.24, 2.45) is 0 Å². The molecule has 182 valence electrons. The predicted molar refractivity (Wildman–Crippen MR) is 120 cm³/mol. The van der Waals surface area contributed by atoms with E-state index < -0.39 is 48.6 Å². The summed E-state index contributed by atoms with van der Waals surface area (Å²) in [5.74, 6) is -0.407. The van der Waals surface area contributed by atoms with E-state index in [9.17, 15) is 35.1 Å². The van der Waals surface area contributed by atoms with E-state index in [1.54, 1.807) is 6.07 Å². The Morgan fingerprint density at radius 1 is 0.743 bits per heavy atom. The molecule has 11 heteroatoms. The van der Waals surface area contributed by atoms with Gasteiger partial charge in [0.2, 0.25) is 6.29 Å². The molecule has 35 heavy (non-hydrogen) atoms. The third kappa shape index (κ3) is 3.95. The molecule has 2 aromatic carbocycles. The Morgan fingerprint density at radius 3 is 1.94 bits per heavy atom. The topological polar surface area (TPSA) is 180 Å². The summed E-state index contributed by atoms with van der Waals surface area (Å²) in [7, 11) is 0. The Labute approximate surface area is 195 Å². The van der Waals surface area contributed by atoms with Crippen LogP contribution in [0.1, 0.15) is 0 Å². The summed E-state index contributed by atoms with van der Waals surface area (Å²) in [4.78, 5) is 24.1. The fraction of sp³-hybridized carbons (Fsp3) is 0.250. The Kier molecular flexibility index (Phi) is 5.79. The molecule has 11 nitrogen and oxygen atoms in total. The van der Waals surface area contributed by atoms with E-state index in [1.165, 1.54) is 42.5 Å². The van der Waals surface area contributed by atoms with Crippen LogP contribution in [-0.2, 0) is 4.74 Å². The Bertz CT molecular complexity index is 1520. The van der Waals surface area contributed by atoms with Gasteiger partial charge in [0, 0.05) is 22.9 Å². The lowest BCUT2D eigenvalue weighted by molar-refractivity contribution is -0.277. The second-order valence-electron chi connectivity index (χ2n) is 8.06. The van der Waals surface area contributed by atoms with Gasteiger partial charge in [0.25, 0.3) is 0 Å². The molecule has 0 radical (unpaired) electrons. The normalized spacial score (nSPS) is 24.6. The molecule has 5 atom stereocenters. The molecule has 0 amide bonds. The third-order valence-corrected chi connectivity index (χ3v) is 5.86. The van der Waals surface area contributed by atoms with Gasteiger partial charge in [-0.15, -0.1) is 0 Å². The predicted octanol–water partition coefficient (Wildman–Crippen LogP) is 0.451. The molecule has 0 unspecified atom stereocenters. The van der Waals surface area contributed by atoms with Crippen molar-refractivity contribution in [2.75, 3.05) is 6.61 Å². The number of aliphatic hydroxyl groups excluding tert-OH is 4. The fourth-order valence-electron chi connectivity index (χ4n) is 4.10. The molecule has 1 fully saturated rings. The summed E-state index contributed by atoms with van der Waals surface area (Å²) in [6.45, 7) is -0.667. The zero-order chi connectivity index (χ0) is 24.9. The maximum Gasteiger partial charge on any atom is 0.336 e. The first-order valence-corrected chi connectivity index (χ1v) is 10.6. The van der Waals surface area contributed by atoms with Crippen LogP contribution in [0.25, 0.3) is 33.1 Å². The summed E-state index contributed by atoms with van der Waals surface area (Å²) in [5.41, 5.74) is -1.45. The van der Waals surface area contributed by atoms with Crippen molar-refractivity contribution < 1.29 is 43.8 Å². The van der Waals surface area contributed by atoms with Crippen LogP contribution in [0.15, 0.2) is 67.0 Å². The minimum Gasteiger partial charge on any atom is -0.507 e. The molecule has 0 spiro atoms. The van der Waals surface area contributed by atoms with Crippen molar-refractivity contribution in [3.8, 4) is 22.6 Å². The molecule has 0 bridgehead atoms. The number of rotatable bonds is 4. The van der Waals surface area contributed by atoms with Gasteiger partial charge in [0.1, 0.15) is 47.1 Å². The Balaban J connectivity index is 1.76. The van der Waals surface area contributed by atoms with Crippen LogP contribution in [0.3, 0.4) is 0 Å². The van der Waals surface area contributed by atoms with Crippen molar-refractivity contribution in [2.45, 2.75) is 30.7 Å². The minimum absolute atomic E-state index is 0.00890. The van der Waals surface area contributed by atoms with Gasteiger partial charge in [0.05, 0.1) is 17.7 Å². The van der Waals surface area contributed by atoms with Crippen LogP contribution in [0, 0.1) is 0 Å². The molecule has 0 aliphatic carbocycles. The first-order chi connectivity index (χ1) is 16.8. The molecule has 5 N–H and O–H groups in total. The molecule has 0 saturated carbocycles. The van der Waals surface area contributed by atoms with Crippen LogP contribution in [0.5, 0.6) is 11.5 Å². The van der Waals surface area contributed by atoms with E-state index in [4.69, 9.17) is 18.3 Å². The largest absolute Gasteiger partial charge is 0.507 e. The van der Waals surface area contributed by atoms with Gasteiger partial charge in [0.15, 0.2) is 0 Å². The van der Waals surface area contributed by atoms with E-state index in [0.29, 0.717) is 10.8 Å². The number of aromatic hydroxyl groups is 1. The van der Waals surface area contributed by atoms with Crippen molar-refractivity contribution in [3.05, 3.63) is 69.4 Å². The summed E-state index contributed by atoms with van der Waals surface area (Å²) < 4.78 is 22.1. The fourth-order valence-corrected chi connectivity index (χ4v) is 4.10. The van der Waals surface area contributed by atoms with E-state index in [-0.39, 0.29) is 33.8 Å². The third-order valence-electron chi connectivity index (χ3n) is 5.86. The average Bonchev–Trinajstić information content (AvgIpc) is 2.84. The van der Waals surface area contributed by atoms with Crippen molar-refractivity contribution in [1.82, 2.24) is 0 Å². The van der Waals surface area contributed by atoms with Gasteiger partial charge in [-0.2, -0.15) is 0 Å². The van der Waals surface area contributed by atoms with E-state index in [1.807, 2.05) is 0 Å². The SMILES string of the molecule is O=c1ccc2ccc(O)c(-c3c(O[C@H]4O[C@H](CO)[C@@H](O)[C@H](O)[C@H]4O)ccc4ccc(=O)oc34)c2o1. The van der Waals surface area contributed by atoms with Crippen LogP contribution in [-0.4, -0.2) is 62.8 Å². The number of benzene rings is 2. The number of hydrogen-bond acceptors (Lipinski definition) is 11. The van der Waals surface area contributed by atoms with Crippen LogP contribution in [0.2, 0.25) is 0 Å². The van der Waals surface area contributed by atoms with Gasteiger partial charge in [-0.05, 0) is 36.4 Å². The van der Waals surface area contributed by atoms with Crippen molar-refractivity contribution in [3.63, 3.8) is 0 Å². The molecule has 5 rings (SSSR count). The lowest BCUT2D eigenvalue weighted by Crippen LogP contribution is -2.60. The van der Waals surface area contributed by atoms with E-state index in [0.717, 1.165) is 0 Å². The van der Waals surface area contributed by atoms with Crippen molar-refractivity contribution in [1.29, 1.82) is 0 Å². The van der Waals surface area contributed by atoms with Gasteiger partial charge in [-0.1, -0.05) is 0 Å². The quantitative estimate of drug-likeness (QED) is 0.254. The van der Waals surface area contributed by atoms with Gasteiger partial charge in [-0.3, -0.25) is 0 Å². The Hall–Kier alpha value is -3.74. The zero-order valence-corrected chi connectivity index (χ0v) is 17.9. The summed E-state index contributed by atoms with van der Waals surface area (Å²) in [6.07, 6.45) is -7.82. The second-order valence-corrected chi connectivity index (χ2v) is 8.06. The lowest BCUT2D eigenvalue weighted by atomic mass is 9.97. The van der Waals surface area contributed by atoms with Crippen LogP contribution in [0.4, 0.5) is 0 Å². The Morgan fingerprint density at radius 2 is 1.31 bits per heavy atom. The molecule has 1 saturated heterocycles. The highest BCUT2D eigenvalue weighted by Gasteiger charge is 2.45. The molecule has 1 aliphatic heterocycles. The molecule has 2 aromatic heterocycles. The number of phenols is 1. The molecule has 4 aromatic rings. The number of ether oxygens (including phenoxy) is 2.